The predicted molar refractivity (Wildman–Crippen MR) is 148 cm³/mol. The standard InChI is InChI=1S/C31H40N2O5/c1-6-17-38-25-12-9-23(20-21(25)2)28(34)26-27(22-7-10-24(11-8-22)31(3,4)5)33(30(36)29(26)35)14-13-32-15-18-37-19-16-32/h7-12,20,27,34H,6,13-19H2,1-5H3/b28-26-. The summed E-state index contributed by atoms with van der Waals surface area (Å²) in [6, 6.07) is 12.7. The summed E-state index contributed by atoms with van der Waals surface area (Å²) in [7, 11) is 0. The molecule has 0 spiro atoms. The van der Waals surface area contributed by atoms with Gasteiger partial charge >= 0.3 is 0 Å². The van der Waals surface area contributed by atoms with Crippen LogP contribution >= 0.6 is 0 Å². The van der Waals surface area contributed by atoms with E-state index in [9.17, 15) is 14.7 Å². The Labute approximate surface area is 226 Å². The average Bonchev–Trinajstić information content (AvgIpc) is 3.16. The second kappa shape index (κ2) is 11.7. The lowest BCUT2D eigenvalue weighted by Gasteiger charge is -2.31. The zero-order chi connectivity index (χ0) is 27.4. The molecule has 2 aliphatic heterocycles. The molecular formula is C31H40N2O5. The van der Waals surface area contributed by atoms with Crippen molar-refractivity contribution >= 4 is 17.4 Å². The summed E-state index contributed by atoms with van der Waals surface area (Å²) in [5, 5.41) is 11.5. The number of hydrogen-bond acceptors (Lipinski definition) is 6. The summed E-state index contributed by atoms with van der Waals surface area (Å²) in [5.74, 6) is -0.654. The van der Waals surface area contributed by atoms with Gasteiger partial charge in [-0.2, -0.15) is 0 Å². The van der Waals surface area contributed by atoms with Gasteiger partial charge in [0.15, 0.2) is 0 Å². The summed E-state index contributed by atoms with van der Waals surface area (Å²) >= 11 is 0. The monoisotopic (exact) mass is 520 g/mol. The lowest BCUT2D eigenvalue weighted by Crippen LogP contribution is -2.42. The molecule has 0 aliphatic carbocycles. The minimum atomic E-state index is -0.665. The molecule has 0 saturated carbocycles. The lowest BCUT2D eigenvalue weighted by atomic mass is 9.85. The molecule has 4 rings (SSSR count). The lowest BCUT2D eigenvalue weighted by molar-refractivity contribution is -0.140. The van der Waals surface area contributed by atoms with Crippen LogP contribution in [0.2, 0.25) is 0 Å². The quantitative estimate of drug-likeness (QED) is 0.305. The minimum Gasteiger partial charge on any atom is -0.507 e. The van der Waals surface area contributed by atoms with Crippen LogP contribution in [0.1, 0.15) is 62.4 Å². The van der Waals surface area contributed by atoms with Gasteiger partial charge in [0.1, 0.15) is 11.5 Å². The van der Waals surface area contributed by atoms with Crippen LogP contribution in [0.3, 0.4) is 0 Å². The van der Waals surface area contributed by atoms with Gasteiger partial charge in [-0.25, -0.2) is 0 Å². The van der Waals surface area contributed by atoms with Crippen molar-refractivity contribution in [1.29, 1.82) is 0 Å². The van der Waals surface area contributed by atoms with Crippen LogP contribution in [-0.4, -0.2) is 72.6 Å². The fraction of sp³-hybridized carbons (Fsp3) is 0.484. The number of aliphatic hydroxyl groups is 1. The van der Waals surface area contributed by atoms with Gasteiger partial charge in [-0.3, -0.25) is 14.5 Å². The Balaban J connectivity index is 1.73. The van der Waals surface area contributed by atoms with Gasteiger partial charge < -0.3 is 19.5 Å². The van der Waals surface area contributed by atoms with Crippen LogP contribution in [0.5, 0.6) is 5.75 Å². The molecule has 0 aromatic heterocycles. The summed E-state index contributed by atoms with van der Waals surface area (Å²) in [6.45, 7) is 14.9. The Bertz CT molecular complexity index is 1190. The Morgan fingerprint density at radius 2 is 1.74 bits per heavy atom. The summed E-state index contributed by atoms with van der Waals surface area (Å²) in [6.07, 6.45) is 0.892. The van der Waals surface area contributed by atoms with Gasteiger partial charge in [0.05, 0.1) is 31.4 Å². The second-order valence-electron chi connectivity index (χ2n) is 11.1. The number of carbonyl (C=O) groups is 2. The van der Waals surface area contributed by atoms with E-state index in [4.69, 9.17) is 9.47 Å². The van der Waals surface area contributed by atoms with E-state index >= 15 is 0 Å². The Kier molecular flexibility index (Phi) is 8.58. The SMILES string of the molecule is CCCOc1ccc(/C(O)=C2/C(=O)C(=O)N(CCN3CCOCC3)C2c2ccc(C(C)(C)C)cc2)cc1C. The fourth-order valence-corrected chi connectivity index (χ4v) is 5.02. The fourth-order valence-electron chi connectivity index (χ4n) is 5.02. The van der Waals surface area contributed by atoms with Crippen LogP contribution in [0.25, 0.3) is 5.76 Å². The third kappa shape index (κ3) is 5.94. The largest absolute Gasteiger partial charge is 0.507 e. The van der Waals surface area contributed by atoms with Gasteiger partial charge in [-0.05, 0) is 53.6 Å². The van der Waals surface area contributed by atoms with E-state index in [1.54, 1.807) is 17.0 Å². The highest BCUT2D eigenvalue weighted by atomic mass is 16.5. The van der Waals surface area contributed by atoms with Crippen LogP contribution in [0, 0.1) is 6.92 Å². The molecule has 1 unspecified atom stereocenters. The summed E-state index contributed by atoms with van der Waals surface area (Å²) in [5.41, 5.74) is 3.41. The highest BCUT2D eigenvalue weighted by molar-refractivity contribution is 6.46. The van der Waals surface area contributed by atoms with E-state index in [2.05, 4.69) is 25.7 Å². The molecule has 2 saturated heterocycles. The van der Waals surface area contributed by atoms with E-state index < -0.39 is 17.7 Å². The average molecular weight is 521 g/mol. The van der Waals surface area contributed by atoms with Crippen molar-refractivity contribution in [2.24, 2.45) is 0 Å². The maximum absolute atomic E-state index is 13.4. The first-order valence-electron chi connectivity index (χ1n) is 13.5. The molecule has 38 heavy (non-hydrogen) atoms. The molecule has 7 heteroatoms. The van der Waals surface area contributed by atoms with Crippen molar-refractivity contribution in [3.8, 4) is 5.75 Å². The zero-order valence-corrected chi connectivity index (χ0v) is 23.3. The number of ketones is 1. The number of hydrogen-bond donors (Lipinski definition) is 1. The third-order valence-corrected chi connectivity index (χ3v) is 7.30. The van der Waals surface area contributed by atoms with Crippen LogP contribution in [-0.2, 0) is 19.7 Å². The number of ether oxygens (including phenoxy) is 2. The zero-order valence-electron chi connectivity index (χ0n) is 23.3. The van der Waals surface area contributed by atoms with Gasteiger partial charge in [0.25, 0.3) is 11.7 Å². The van der Waals surface area contributed by atoms with Crippen LogP contribution in [0.4, 0.5) is 0 Å². The Hall–Kier alpha value is -3.16. The van der Waals surface area contributed by atoms with Gasteiger partial charge in [0, 0.05) is 31.7 Å². The second-order valence-corrected chi connectivity index (χ2v) is 11.1. The van der Waals surface area contributed by atoms with Crippen LogP contribution < -0.4 is 4.74 Å². The van der Waals surface area contributed by atoms with E-state index in [1.807, 2.05) is 44.2 Å². The highest BCUT2D eigenvalue weighted by Gasteiger charge is 2.46. The number of carbonyl (C=O) groups excluding carboxylic acids is 2. The van der Waals surface area contributed by atoms with Gasteiger partial charge in [-0.1, -0.05) is 52.0 Å². The van der Waals surface area contributed by atoms with Crippen molar-refractivity contribution in [2.45, 2.75) is 52.5 Å². The van der Waals surface area contributed by atoms with E-state index in [0.717, 1.165) is 42.0 Å². The Morgan fingerprint density at radius 3 is 2.34 bits per heavy atom. The topological polar surface area (TPSA) is 79.3 Å². The number of rotatable bonds is 8. The van der Waals surface area contributed by atoms with Crippen molar-refractivity contribution in [1.82, 2.24) is 9.80 Å². The minimum absolute atomic E-state index is 0.0320. The molecule has 1 amide bonds. The molecule has 0 bridgehead atoms. The predicted octanol–water partition coefficient (Wildman–Crippen LogP) is 4.84. The maximum atomic E-state index is 13.4. The number of Topliss-reactive ketones (excluding diaryl/α,β-unsaturated/α-hetero) is 1. The first kappa shape index (κ1) is 27.9. The summed E-state index contributed by atoms with van der Waals surface area (Å²) in [4.78, 5) is 30.6. The maximum Gasteiger partial charge on any atom is 0.295 e. The van der Waals surface area contributed by atoms with Crippen molar-refractivity contribution in [3.05, 3.63) is 70.3 Å². The molecule has 2 aromatic carbocycles. The number of benzene rings is 2. The van der Waals surface area contributed by atoms with Gasteiger partial charge in [-0.15, -0.1) is 0 Å². The van der Waals surface area contributed by atoms with Crippen molar-refractivity contribution < 1.29 is 24.2 Å². The molecule has 2 fully saturated rings. The highest BCUT2D eigenvalue weighted by Crippen LogP contribution is 2.40. The van der Waals surface area contributed by atoms with E-state index in [0.29, 0.717) is 38.5 Å². The number of nitrogens with zero attached hydrogens (tertiary/aromatic N) is 2. The van der Waals surface area contributed by atoms with E-state index in [1.165, 1.54) is 0 Å². The van der Waals surface area contributed by atoms with Gasteiger partial charge in [0.2, 0.25) is 0 Å². The van der Waals surface area contributed by atoms with Crippen molar-refractivity contribution in [3.63, 3.8) is 0 Å². The number of likely N-dealkylation sites (tertiary alicyclic amines) is 1. The summed E-state index contributed by atoms with van der Waals surface area (Å²) < 4.78 is 11.2. The molecule has 7 nitrogen and oxygen atoms in total. The molecule has 2 aromatic rings. The molecule has 2 heterocycles. The number of morpholine rings is 1. The van der Waals surface area contributed by atoms with E-state index in [-0.39, 0.29) is 16.7 Å². The molecular weight excluding hydrogens is 480 g/mol. The number of amides is 1. The normalized spacial score (nSPS) is 20.2. The van der Waals surface area contributed by atoms with Crippen LogP contribution in [0.15, 0.2) is 48.0 Å². The molecule has 1 atom stereocenters. The number of aryl methyl sites for hydroxylation is 1. The third-order valence-electron chi connectivity index (χ3n) is 7.30. The van der Waals surface area contributed by atoms with Crippen molar-refractivity contribution in [2.75, 3.05) is 46.0 Å². The Morgan fingerprint density at radius 1 is 1.05 bits per heavy atom. The smallest absolute Gasteiger partial charge is 0.295 e. The number of aliphatic hydroxyl groups excluding tert-OH is 1. The first-order chi connectivity index (χ1) is 18.1. The molecule has 1 N–H and O–H groups in total. The molecule has 2 aliphatic rings. The molecule has 0 radical (unpaired) electrons. The molecule has 204 valence electrons. The first-order valence-corrected chi connectivity index (χ1v) is 13.5.